The third-order valence-electron chi connectivity index (χ3n) is 2.97. The summed E-state index contributed by atoms with van der Waals surface area (Å²) >= 11 is 0. The summed E-state index contributed by atoms with van der Waals surface area (Å²) in [5.41, 5.74) is -1.44. The SMILES string of the molecule is CC1(C)O[C@](C)(c2ccccc2)C(=O)C1=O. The van der Waals surface area contributed by atoms with E-state index in [9.17, 15) is 9.59 Å². The largest absolute Gasteiger partial charge is 0.348 e. The molecule has 1 aliphatic rings. The fraction of sp³-hybridized carbons (Fsp3) is 0.385. The number of hydrogen-bond acceptors (Lipinski definition) is 3. The van der Waals surface area contributed by atoms with E-state index >= 15 is 0 Å². The van der Waals surface area contributed by atoms with Crippen LogP contribution in [0.4, 0.5) is 0 Å². The lowest BCUT2D eigenvalue weighted by Gasteiger charge is -2.25. The second-order valence-corrected chi connectivity index (χ2v) is 4.67. The summed E-state index contributed by atoms with van der Waals surface area (Å²) in [6.45, 7) is 4.90. The van der Waals surface area contributed by atoms with E-state index in [-0.39, 0.29) is 0 Å². The van der Waals surface area contributed by atoms with Gasteiger partial charge < -0.3 is 4.74 Å². The molecule has 84 valence electrons. The summed E-state index contributed by atoms with van der Waals surface area (Å²) in [6, 6.07) is 9.11. The zero-order valence-electron chi connectivity index (χ0n) is 9.61. The summed E-state index contributed by atoms with van der Waals surface area (Å²) in [6.07, 6.45) is 0. The Bertz CT molecular complexity index is 448. The molecule has 3 nitrogen and oxygen atoms in total. The van der Waals surface area contributed by atoms with Gasteiger partial charge in [-0.1, -0.05) is 30.3 Å². The lowest BCUT2D eigenvalue weighted by atomic mass is 9.90. The zero-order chi connectivity index (χ0) is 12.0. The van der Waals surface area contributed by atoms with Gasteiger partial charge in [-0.3, -0.25) is 9.59 Å². The second-order valence-electron chi connectivity index (χ2n) is 4.67. The number of ether oxygens (including phenoxy) is 1. The highest BCUT2D eigenvalue weighted by Gasteiger charge is 2.56. The smallest absolute Gasteiger partial charge is 0.237 e. The topological polar surface area (TPSA) is 43.4 Å². The van der Waals surface area contributed by atoms with Crippen molar-refractivity contribution in [1.82, 2.24) is 0 Å². The highest BCUT2D eigenvalue weighted by molar-refractivity contribution is 6.44. The number of carbonyl (C=O) groups is 2. The number of hydrogen-bond donors (Lipinski definition) is 0. The van der Waals surface area contributed by atoms with E-state index in [1.165, 1.54) is 0 Å². The molecular weight excluding hydrogens is 204 g/mol. The number of Topliss-reactive ketones (excluding diaryl/α,β-unsaturated/α-hetero) is 2. The van der Waals surface area contributed by atoms with Gasteiger partial charge in [0.1, 0.15) is 5.60 Å². The van der Waals surface area contributed by atoms with Crippen molar-refractivity contribution < 1.29 is 14.3 Å². The Morgan fingerprint density at radius 3 is 1.94 bits per heavy atom. The Labute approximate surface area is 94.4 Å². The molecule has 1 heterocycles. The molecule has 0 radical (unpaired) electrons. The minimum atomic E-state index is -1.14. The molecular formula is C13H14O3. The Balaban J connectivity index is 2.50. The van der Waals surface area contributed by atoms with Crippen molar-refractivity contribution in [3.8, 4) is 0 Å². The molecule has 16 heavy (non-hydrogen) atoms. The molecule has 0 spiro atoms. The van der Waals surface area contributed by atoms with E-state index < -0.39 is 22.8 Å². The van der Waals surface area contributed by atoms with Gasteiger partial charge >= 0.3 is 0 Å². The van der Waals surface area contributed by atoms with Gasteiger partial charge in [-0.25, -0.2) is 0 Å². The van der Waals surface area contributed by atoms with E-state index in [2.05, 4.69) is 0 Å². The molecule has 1 saturated heterocycles. The molecule has 0 saturated carbocycles. The third-order valence-corrected chi connectivity index (χ3v) is 2.97. The first-order valence-corrected chi connectivity index (χ1v) is 5.23. The van der Waals surface area contributed by atoms with Crippen molar-refractivity contribution in [3.63, 3.8) is 0 Å². The van der Waals surface area contributed by atoms with Gasteiger partial charge in [0.15, 0.2) is 5.60 Å². The highest BCUT2D eigenvalue weighted by atomic mass is 16.5. The molecule has 0 N–H and O–H groups in total. The first-order chi connectivity index (χ1) is 7.38. The van der Waals surface area contributed by atoms with Crippen LogP contribution in [0.2, 0.25) is 0 Å². The summed E-state index contributed by atoms with van der Waals surface area (Å²) in [5.74, 6) is -0.928. The van der Waals surface area contributed by atoms with E-state index in [1.807, 2.05) is 18.2 Å². The minimum Gasteiger partial charge on any atom is -0.348 e. The Morgan fingerprint density at radius 2 is 1.50 bits per heavy atom. The van der Waals surface area contributed by atoms with Crippen LogP contribution in [-0.4, -0.2) is 17.2 Å². The number of ketones is 2. The normalized spacial score (nSPS) is 28.4. The molecule has 1 aromatic rings. The number of carbonyl (C=O) groups excluding carboxylic acids is 2. The Morgan fingerprint density at radius 1 is 0.938 bits per heavy atom. The third kappa shape index (κ3) is 1.39. The lowest BCUT2D eigenvalue weighted by Crippen LogP contribution is -2.31. The van der Waals surface area contributed by atoms with Gasteiger partial charge in [0.05, 0.1) is 0 Å². The van der Waals surface area contributed by atoms with Gasteiger partial charge in [-0.05, 0) is 26.3 Å². The van der Waals surface area contributed by atoms with Gasteiger partial charge in [0.2, 0.25) is 11.6 Å². The predicted octanol–water partition coefficient (Wildman–Crippen LogP) is 1.85. The number of rotatable bonds is 1. The second kappa shape index (κ2) is 3.25. The van der Waals surface area contributed by atoms with Crippen LogP contribution in [0.5, 0.6) is 0 Å². The van der Waals surface area contributed by atoms with Crippen LogP contribution in [0.25, 0.3) is 0 Å². The van der Waals surface area contributed by atoms with E-state index in [1.54, 1.807) is 32.9 Å². The molecule has 0 aromatic heterocycles. The van der Waals surface area contributed by atoms with Gasteiger partial charge in [-0.15, -0.1) is 0 Å². The maximum atomic E-state index is 12.0. The molecule has 0 aliphatic carbocycles. The van der Waals surface area contributed by atoms with Gasteiger partial charge in [0.25, 0.3) is 0 Å². The predicted molar refractivity (Wildman–Crippen MR) is 59.0 cm³/mol. The minimum absolute atomic E-state index is 0.459. The monoisotopic (exact) mass is 218 g/mol. The average molecular weight is 218 g/mol. The molecule has 2 rings (SSSR count). The first-order valence-electron chi connectivity index (χ1n) is 5.23. The molecule has 0 bridgehead atoms. The van der Waals surface area contributed by atoms with Crippen LogP contribution in [0.15, 0.2) is 30.3 Å². The van der Waals surface area contributed by atoms with Crippen molar-refractivity contribution in [2.45, 2.75) is 32.0 Å². The fourth-order valence-corrected chi connectivity index (χ4v) is 2.04. The summed E-state index contributed by atoms with van der Waals surface area (Å²) in [7, 11) is 0. The van der Waals surface area contributed by atoms with Crippen molar-refractivity contribution in [1.29, 1.82) is 0 Å². The summed E-state index contributed by atoms with van der Waals surface area (Å²) in [4.78, 5) is 23.7. The molecule has 1 atom stereocenters. The molecule has 0 amide bonds. The van der Waals surface area contributed by atoms with Crippen LogP contribution >= 0.6 is 0 Å². The highest BCUT2D eigenvalue weighted by Crippen LogP contribution is 2.39. The van der Waals surface area contributed by atoms with Crippen LogP contribution in [0.1, 0.15) is 26.3 Å². The van der Waals surface area contributed by atoms with E-state index in [4.69, 9.17) is 4.74 Å². The standard InChI is InChI=1S/C13H14O3/c1-12(2)10(14)11(15)13(3,16-12)9-7-5-4-6-8-9/h4-8H,1-3H3/t13-/m1/s1. The maximum Gasteiger partial charge on any atom is 0.237 e. The van der Waals surface area contributed by atoms with Crippen molar-refractivity contribution in [3.05, 3.63) is 35.9 Å². The van der Waals surface area contributed by atoms with Crippen LogP contribution < -0.4 is 0 Å². The van der Waals surface area contributed by atoms with Crippen LogP contribution in [-0.2, 0) is 19.9 Å². The van der Waals surface area contributed by atoms with Gasteiger partial charge in [-0.2, -0.15) is 0 Å². The molecule has 1 fully saturated rings. The lowest BCUT2D eigenvalue weighted by molar-refractivity contribution is -0.138. The Kier molecular flexibility index (Phi) is 2.24. The maximum absolute atomic E-state index is 12.0. The van der Waals surface area contributed by atoms with Crippen LogP contribution in [0.3, 0.4) is 0 Å². The van der Waals surface area contributed by atoms with E-state index in [0.29, 0.717) is 0 Å². The zero-order valence-corrected chi connectivity index (χ0v) is 9.61. The number of benzene rings is 1. The molecule has 1 aliphatic heterocycles. The van der Waals surface area contributed by atoms with Crippen LogP contribution in [0, 0.1) is 0 Å². The summed E-state index contributed by atoms with van der Waals surface area (Å²) in [5, 5.41) is 0. The van der Waals surface area contributed by atoms with E-state index in [0.717, 1.165) is 5.56 Å². The molecule has 1 aromatic carbocycles. The Hall–Kier alpha value is -1.48. The molecule has 3 heteroatoms. The molecule has 0 unspecified atom stereocenters. The van der Waals surface area contributed by atoms with Gasteiger partial charge in [0, 0.05) is 0 Å². The van der Waals surface area contributed by atoms with Crippen molar-refractivity contribution >= 4 is 11.6 Å². The first kappa shape index (κ1) is 11.0. The average Bonchev–Trinajstić information content (AvgIpc) is 2.42. The fourth-order valence-electron chi connectivity index (χ4n) is 2.04. The summed E-state index contributed by atoms with van der Waals surface area (Å²) < 4.78 is 5.65. The quantitative estimate of drug-likeness (QED) is 0.675. The van der Waals surface area contributed by atoms with Crippen molar-refractivity contribution in [2.24, 2.45) is 0 Å². The van der Waals surface area contributed by atoms with Crippen molar-refractivity contribution in [2.75, 3.05) is 0 Å².